The van der Waals surface area contributed by atoms with Gasteiger partial charge in [0.25, 0.3) is 0 Å². The van der Waals surface area contributed by atoms with Gasteiger partial charge in [-0.25, -0.2) is 0 Å². The molecule has 12 heavy (non-hydrogen) atoms. The zero-order chi connectivity index (χ0) is 8.72. The minimum atomic E-state index is 0.160. The lowest BCUT2D eigenvalue weighted by Crippen LogP contribution is -2.05. The van der Waals surface area contributed by atoms with Crippen molar-refractivity contribution in [3.05, 3.63) is 32.8 Å². The van der Waals surface area contributed by atoms with Crippen LogP contribution in [0.25, 0.3) is 0 Å². The van der Waals surface area contributed by atoms with E-state index in [-0.39, 0.29) is 6.04 Å². The van der Waals surface area contributed by atoms with E-state index in [1.807, 2.05) is 12.1 Å². The summed E-state index contributed by atoms with van der Waals surface area (Å²) >= 11 is 9.51. The summed E-state index contributed by atoms with van der Waals surface area (Å²) in [6, 6.07) is 4.04. The van der Waals surface area contributed by atoms with Gasteiger partial charge in [0, 0.05) is 15.5 Å². The highest BCUT2D eigenvalue weighted by molar-refractivity contribution is 9.10. The van der Waals surface area contributed by atoms with Crippen molar-refractivity contribution in [2.75, 3.05) is 0 Å². The Hall–Kier alpha value is -0.0500. The first-order valence-electron chi connectivity index (χ1n) is 3.92. The van der Waals surface area contributed by atoms with Crippen LogP contribution in [0.3, 0.4) is 0 Å². The first kappa shape index (κ1) is 8.54. The van der Waals surface area contributed by atoms with E-state index in [0.717, 1.165) is 22.3 Å². The molecule has 1 atom stereocenters. The predicted octanol–water partition coefficient (Wildman–Crippen LogP) is 3.05. The number of halogens is 2. The first-order chi connectivity index (χ1) is 5.70. The third-order valence-electron chi connectivity index (χ3n) is 2.32. The molecule has 0 aliphatic heterocycles. The lowest BCUT2D eigenvalue weighted by atomic mass is 10.1. The monoisotopic (exact) mass is 245 g/mol. The number of hydrogen-bond donors (Lipinski definition) is 1. The molecule has 2 rings (SSSR count). The smallest absolute Gasteiger partial charge is 0.0442 e. The molecule has 0 fully saturated rings. The zero-order valence-corrected chi connectivity index (χ0v) is 8.82. The Bertz CT molecular complexity index is 325. The SMILES string of the molecule is N[C@H]1CCc2c(Cl)ccc(Br)c21. The van der Waals surface area contributed by atoms with E-state index >= 15 is 0 Å². The van der Waals surface area contributed by atoms with Gasteiger partial charge in [0.1, 0.15) is 0 Å². The standard InChI is InChI=1S/C9H9BrClN/c10-6-2-3-7(11)5-1-4-8(12)9(5)6/h2-3,8H,1,4,12H2/t8-/m0/s1. The van der Waals surface area contributed by atoms with E-state index in [1.165, 1.54) is 11.1 Å². The van der Waals surface area contributed by atoms with E-state index < -0.39 is 0 Å². The van der Waals surface area contributed by atoms with Crippen molar-refractivity contribution < 1.29 is 0 Å². The molecule has 64 valence electrons. The highest BCUT2D eigenvalue weighted by atomic mass is 79.9. The van der Waals surface area contributed by atoms with Crippen LogP contribution in [0, 0.1) is 0 Å². The maximum atomic E-state index is 6.03. The van der Waals surface area contributed by atoms with Gasteiger partial charge in [0.05, 0.1) is 0 Å². The molecule has 1 nitrogen and oxygen atoms in total. The molecule has 1 aliphatic carbocycles. The Morgan fingerprint density at radius 3 is 2.92 bits per heavy atom. The summed E-state index contributed by atoms with van der Waals surface area (Å²) in [5, 5.41) is 0.848. The van der Waals surface area contributed by atoms with Crippen LogP contribution in [0.15, 0.2) is 16.6 Å². The number of benzene rings is 1. The molecule has 0 bridgehead atoms. The highest BCUT2D eigenvalue weighted by Gasteiger charge is 2.23. The Labute approximate surface area is 85.0 Å². The lowest BCUT2D eigenvalue weighted by Gasteiger charge is -2.07. The van der Waals surface area contributed by atoms with E-state index in [1.54, 1.807) is 0 Å². The molecule has 0 heterocycles. The number of hydrogen-bond acceptors (Lipinski definition) is 1. The average molecular weight is 247 g/mol. The highest BCUT2D eigenvalue weighted by Crippen LogP contribution is 2.38. The summed E-state index contributed by atoms with van der Waals surface area (Å²) in [4.78, 5) is 0. The summed E-state index contributed by atoms with van der Waals surface area (Å²) in [5.41, 5.74) is 8.35. The van der Waals surface area contributed by atoms with Gasteiger partial charge < -0.3 is 5.73 Å². The minimum absolute atomic E-state index is 0.160. The number of rotatable bonds is 0. The summed E-state index contributed by atoms with van der Waals surface area (Å²) < 4.78 is 1.09. The lowest BCUT2D eigenvalue weighted by molar-refractivity contribution is 0.711. The molecule has 0 spiro atoms. The van der Waals surface area contributed by atoms with Crippen LogP contribution < -0.4 is 5.73 Å². The minimum Gasteiger partial charge on any atom is -0.324 e. The Morgan fingerprint density at radius 2 is 2.25 bits per heavy atom. The molecule has 1 aliphatic rings. The molecule has 1 aromatic carbocycles. The fourth-order valence-corrected chi connectivity index (χ4v) is 2.63. The van der Waals surface area contributed by atoms with Gasteiger partial charge >= 0.3 is 0 Å². The molecule has 0 aromatic heterocycles. The largest absolute Gasteiger partial charge is 0.324 e. The third kappa shape index (κ3) is 1.18. The van der Waals surface area contributed by atoms with E-state index in [2.05, 4.69) is 15.9 Å². The molecular formula is C9H9BrClN. The predicted molar refractivity (Wildman–Crippen MR) is 54.4 cm³/mol. The second-order valence-electron chi connectivity index (χ2n) is 3.07. The van der Waals surface area contributed by atoms with Crippen LogP contribution in [0.2, 0.25) is 5.02 Å². The van der Waals surface area contributed by atoms with Crippen molar-refractivity contribution in [1.29, 1.82) is 0 Å². The Kier molecular flexibility index (Phi) is 2.15. The zero-order valence-electron chi connectivity index (χ0n) is 6.48. The quantitative estimate of drug-likeness (QED) is 0.748. The van der Waals surface area contributed by atoms with Crippen molar-refractivity contribution in [2.45, 2.75) is 18.9 Å². The molecule has 0 saturated heterocycles. The van der Waals surface area contributed by atoms with Gasteiger partial charge in [0.15, 0.2) is 0 Å². The fourth-order valence-electron chi connectivity index (χ4n) is 1.71. The van der Waals surface area contributed by atoms with E-state index in [9.17, 15) is 0 Å². The first-order valence-corrected chi connectivity index (χ1v) is 5.09. The average Bonchev–Trinajstić information content (AvgIpc) is 2.42. The third-order valence-corrected chi connectivity index (χ3v) is 3.37. The maximum Gasteiger partial charge on any atom is 0.0442 e. The van der Waals surface area contributed by atoms with E-state index in [0.29, 0.717) is 0 Å². The van der Waals surface area contributed by atoms with Crippen molar-refractivity contribution in [3.63, 3.8) is 0 Å². The van der Waals surface area contributed by atoms with Crippen LogP contribution in [0.4, 0.5) is 0 Å². The van der Waals surface area contributed by atoms with E-state index in [4.69, 9.17) is 17.3 Å². The van der Waals surface area contributed by atoms with Gasteiger partial charge in [-0.05, 0) is 36.1 Å². The molecule has 0 saturated carbocycles. The number of fused-ring (bicyclic) bond motifs is 1. The van der Waals surface area contributed by atoms with Crippen LogP contribution in [0.1, 0.15) is 23.6 Å². The maximum absolute atomic E-state index is 6.03. The topological polar surface area (TPSA) is 26.0 Å². The van der Waals surface area contributed by atoms with Crippen LogP contribution in [-0.2, 0) is 6.42 Å². The number of nitrogens with two attached hydrogens (primary N) is 1. The molecule has 0 unspecified atom stereocenters. The molecule has 2 N–H and O–H groups in total. The molecule has 0 radical (unpaired) electrons. The molecule has 3 heteroatoms. The van der Waals surface area contributed by atoms with Crippen LogP contribution in [0.5, 0.6) is 0 Å². The Balaban J connectivity index is 2.64. The summed E-state index contributed by atoms with van der Waals surface area (Å²) in [6.45, 7) is 0. The van der Waals surface area contributed by atoms with Gasteiger partial charge in [-0.3, -0.25) is 0 Å². The molecule has 0 amide bonds. The van der Waals surface area contributed by atoms with Crippen molar-refractivity contribution >= 4 is 27.5 Å². The van der Waals surface area contributed by atoms with Crippen molar-refractivity contribution in [3.8, 4) is 0 Å². The summed E-state index contributed by atoms with van der Waals surface area (Å²) in [5.74, 6) is 0. The van der Waals surface area contributed by atoms with Crippen LogP contribution >= 0.6 is 27.5 Å². The summed E-state index contributed by atoms with van der Waals surface area (Å²) in [6.07, 6.45) is 2.02. The normalized spacial score (nSPS) is 21.1. The fraction of sp³-hybridized carbons (Fsp3) is 0.333. The molecule has 1 aromatic rings. The van der Waals surface area contributed by atoms with Gasteiger partial charge in [-0.1, -0.05) is 27.5 Å². The van der Waals surface area contributed by atoms with Gasteiger partial charge in [-0.2, -0.15) is 0 Å². The van der Waals surface area contributed by atoms with Gasteiger partial charge in [0.2, 0.25) is 0 Å². The van der Waals surface area contributed by atoms with Crippen LogP contribution in [-0.4, -0.2) is 0 Å². The summed E-state index contributed by atoms with van der Waals surface area (Å²) in [7, 11) is 0. The van der Waals surface area contributed by atoms with Gasteiger partial charge in [-0.15, -0.1) is 0 Å². The Morgan fingerprint density at radius 1 is 1.50 bits per heavy atom. The second-order valence-corrected chi connectivity index (χ2v) is 4.33. The van der Waals surface area contributed by atoms with Crippen molar-refractivity contribution in [1.82, 2.24) is 0 Å². The second kappa shape index (κ2) is 3.02. The van der Waals surface area contributed by atoms with Crippen molar-refractivity contribution in [2.24, 2.45) is 5.73 Å². The molecular weight excluding hydrogens is 237 g/mol.